The minimum atomic E-state index is -1.22. The van der Waals surface area contributed by atoms with Gasteiger partial charge in [-0.2, -0.15) is 5.10 Å². The maximum Gasteiger partial charge on any atom is 0.356 e. The molecule has 0 saturated heterocycles. The fourth-order valence-corrected chi connectivity index (χ4v) is 2.10. The molecular formula is C9H9N5O3S. The first kappa shape index (κ1) is 12.2. The third-order valence-electron chi connectivity index (χ3n) is 2.02. The summed E-state index contributed by atoms with van der Waals surface area (Å²) in [7, 11) is 0. The summed E-state index contributed by atoms with van der Waals surface area (Å²) in [5, 5.41) is 18.5. The van der Waals surface area contributed by atoms with Crippen LogP contribution in [0.25, 0.3) is 0 Å². The summed E-state index contributed by atoms with van der Waals surface area (Å²) in [6.45, 7) is 1.63. The first-order chi connectivity index (χ1) is 8.58. The Morgan fingerprint density at radius 3 is 2.83 bits per heavy atom. The second-order valence-electron chi connectivity index (χ2n) is 3.34. The summed E-state index contributed by atoms with van der Waals surface area (Å²) in [6.07, 6.45) is 1.36. The number of aromatic nitrogens is 4. The molecule has 94 valence electrons. The molecule has 2 aromatic rings. The van der Waals surface area contributed by atoms with Gasteiger partial charge < -0.3 is 10.4 Å². The van der Waals surface area contributed by atoms with Crippen LogP contribution >= 0.6 is 11.3 Å². The third-order valence-corrected chi connectivity index (χ3v) is 3.14. The highest BCUT2D eigenvalue weighted by atomic mass is 32.1. The number of anilines is 1. The maximum absolute atomic E-state index is 11.3. The van der Waals surface area contributed by atoms with Crippen molar-refractivity contribution < 1.29 is 14.7 Å². The van der Waals surface area contributed by atoms with Gasteiger partial charge in [0.1, 0.15) is 17.0 Å². The van der Waals surface area contributed by atoms with Crippen molar-refractivity contribution in [2.45, 2.75) is 13.5 Å². The quantitative estimate of drug-likeness (QED) is 0.684. The van der Waals surface area contributed by atoms with Crippen molar-refractivity contribution in [2.24, 2.45) is 0 Å². The Bertz CT molecular complexity index is 546. The number of nitrogens with zero attached hydrogens (tertiary/aromatic N) is 3. The number of hydrogen-bond acceptors (Lipinski definition) is 7. The van der Waals surface area contributed by atoms with E-state index in [-0.39, 0.29) is 16.4 Å². The Morgan fingerprint density at radius 2 is 2.33 bits per heavy atom. The second-order valence-corrected chi connectivity index (χ2v) is 4.34. The van der Waals surface area contributed by atoms with Crippen LogP contribution in [0.15, 0.2) is 6.33 Å². The van der Waals surface area contributed by atoms with Crippen molar-refractivity contribution in [3.8, 4) is 0 Å². The van der Waals surface area contributed by atoms with Gasteiger partial charge in [-0.05, 0) is 0 Å². The molecule has 2 rings (SSSR count). The molecule has 0 saturated carbocycles. The SMILES string of the molecule is CC(=O)c1sc(NCc2ncn[nH]2)nc1C(=O)O. The molecule has 0 aliphatic rings. The zero-order chi connectivity index (χ0) is 13.1. The van der Waals surface area contributed by atoms with E-state index in [0.29, 0.717) is 17.5 Å². The van der Waals surface area contributed by atoms with Crippen LogP contribution in [0, 0.1) is 0 Å². The van der Waals surface area contributed by atoms with Crippen molar-refractivity contribution in [3.05, 3.63) is 22.7 Å². The Kier molecular flexibility index (Phi) is 3.33. The topological polar surface area (TPSA) is 121 Å². The van der Waals surface area contributed by atoms with Crippen LogP contribution in [0.4, 0.5) is 5.13 Å². The van der Waals surface area contributed by atoms with Crippen LogP contribution in [-0.2, 0) is 6.54 Å². The number of aromatic carboxylic acids is 1. The van der Waals surface area contributed by atoms with Crippen molar-refractivity contribution in [2.75, 3.05) is 5.32 Å². The molecule has 0 spiro atoms. The minimum Gasteiger partial charge on any atom is -0.476 e. The van der Waals surface area contributed by atoms with Gasteiger partial charge in [0, 0.05) is 6.92 Å². The molecule has 0 aliphatic heterocycles. The van der Waals surface area contributed by atoms with Gasteiger partial charge in [-0.25, -0.2) is 14.8 Å². The molecule has 0 aromatic carbocycles. The Hall–Kier alpha value is -2.29. The molecule has 0 bridgehead atoms. The monoisotopic (exact) mass is 267 g/mol. The fourth-order valence-electron chi connectivity index (χ4n) is 1.25. The van der Waals surface area contributed by atoms with Crippen LogP contribution in [0.2, 0.25) is 0 Å². The Labute approximate surface area is 105 Å². The molecule has 2 heterocycles. The van der Waals surface area contributed by atoms with E-state index in [1.54, 1.807) is 0 Å². The highest BCUT2D eigenvalue weighted by Crippen LogP contribution is 2.23. The van der Waals surface area contributed by atoms with E-state index in [1.807, 2.05) is 0 Å². The summed E-state index contributed by atoms with van der Waals surface area (Å²) < 4.78 is 0. The number of H-pyrrole nitrogens is 1. The number of ketones is 1. The van der Waals surface area contributed by atoms with Crippen molar-refractivity contribution in [3.63, 3.8) is 0 Å². The summed E-state index contributed by atoms with van der Waals surface area (Å²) in [6, 6.07) is 0. The molecule has 0 atom stereocenters. The van der Waals surface area contributed by atoms with E-state index in [0.717, 1.165) is 11.3 Å². The number of nitrogens with one attached hydrogen (secondary N) is 2. The number of carbonyl (C=O) groups is 2. The zero-order valence-electron chi connectivity index (χ0n) is 9.30. The number of carboxylic acid groups (broad SMARTS) is 1. The van der Waals surface area contributed by atoms with Gasteiger partial charge in [0.2, 0.25) is 0 Å². The standard InChI is InChI=1S/C9H9N5O3S/c1-4(15)7-6(8(16)17)13-9(18-7)10-2-5-11-3-12-14-5/h3H,2H2,1H3,(H,10,13)(H,16,17)(H,11,12,14). The van der Waals surface area contributed by atoms with Crippen molar-refractivity contribution in [1.29, 1.82) is 0 Å². The number of Topliss-reactive ketones (excluding diaryl/α,β-unsaturated/α-hetero) is 1. The molecule has 0 aliphatic carbocycles. The van der Waals surface area contributed by atoms with Crippen LogP contribution in [0.3, 0.4) is 0 Å². The van der Waals surface area contributed by atoms with Crippen LogP contribution in [-0.4, -0.2) is 37.0 Å². The smallest absolute Gasteiger partial charge is 0.356 e. The van der Waals surface area contributed by atoms with Crippen molar-refractivity contribution in [1.82, 2.24) is 20.2 Å². The van der Waals surface area contributed by atoms with E-state index >= 15 is 0 Å². The van der Waals surface area contributed by atoms with Gasteiger partial charge in [0.25, 0.3) is 0 Å². The highest BCUT2D eigenvalue weighted by molar-refractivity contribution is 7.17. The molecule has 0 amide bonds. The number of carboxylic acids is 1. The molecule has 9 heteroatoms. The molecule has 0 fully saturated rings. The largest absolute Gasteiger partial charge is 0.476 e. The number of carbonyl (C=O) groups excluding carboxylic acids is 1. The second kappa shape index (κ2) is 4.92. The fraction of sp³-hybridized carbons (Fsp3) is 0.222. The van der Waals surface area contributed by atoms with Crippen LogP contribution in [0.1, 0.15) is 32.9 Å². The Morgan fingerprint density at radius 1 is 1.56 bits per heavy atom. The van der Waals surface area contributed by atoms with E-state index in [1.165, 1.54) is 13.3 Å². The van der Waals surface area contributed by atoms with Crippen LogP contribution < -0.4 is 5.32 Å². The number of hydrogen-bond donors (Lipinski definition) is 3. The Balaban J connectivity index is 2.16. The predicted molar refractivity (Wildman–Crippen MR) is 62.8 cm³/mol. The summed E-state index contributed by atoms with van der Waals surface area (Å²) in [5.41, 5.74) is -0.229. The van der Waals surface area contributed by atoms with Gasteiger partial charge in [-0.3, -0.25) is 9.89 Å². The molecule has 18 heavy (non-hydrogen) atoms. The summed E-state index contributed by atoms with van der Waals surface area (Å²) >= 11 is 1.00. The zero-order valence-corrected chi connectivity index (χ0v) is 10.1. The van der Waals surface area contributed by atoms with Gasteiger partial charge >= 0.3 is 5.97 Å². The molecular weight excluding hydrogens is 258 g/mol. The average molecular weight is 267 g/mol. The van der Waals surface area contributed by atoms with Gasteiger partial charge in [0.15, 0.2) is 16.6 Å². The molecule has 2 aromatic heterocycles. The van der Waals surface area contributed by atoms with E-state index in [9.17, 15) is 9.59 Å². The lowest BCUT2D eigenvalue weighted by atomic mass is 10.3. The first-order valence-electron chi connectivity index (χ1n) is 4.91. The predicted octanol–water partition coefficient (Wildman–Crippen LogP) is 0.774. The van der Waals surface area contributed by atoms with Crippen molar-refractivity contribution >= 4 is 28.2 Å². The van der Waals surface area contributed by atoms with Gasteiger partial charge in [0.05, 0.1) is 6.54 Å². The summed E-state index contributed by atoms with van der Waals surface area (Å²) in [5.74, 6) is -0.951. The average Bonchev–Trinajstić information content (AvgIpc) is 2.95. The molecule has 8 nitrogen and oxygen atoms in total. The van der Waals surface area contributed by atoms with E-state index in [2.05, 4.69) is 25.5 Å². The van der Waals surface area contributed by atoms with Crippen LogP contribution in [0.5, 0.6) is 0 Å². The third kappa shape index (κ3) is 2.51. The molecule has 0 radical (unpaired) electrons. The lowest BCUT2D eigenvalue weighted by molar-refractivity contribution is 0.0687. The highest BCUT2D eigenvalue weighted by Gasteiger charge is 2.20. The lowest BCUT2D eigenvalue weighted by Crippen LogP contribution is -2.04. The van der Waals surface area contributed by atoms with E-state index < -0.39 is 5.97 Å². The number of aromatic amines is 1. The lowest BCUT2D eigenvalue weighted by Gasteiger charge is -1.97. The molecule has 0 unspecified atom stereocenters. The number of rotatable bonds is 5. The van der Waals surface area contributed by atoms with Gasteiger partial charge in [-0.15, -0.1) is 0 Å². The first-order valence-corrected chi connectivity index (χ1v) is 5.72. The number of thiazole rings is 1. The molecule has 3 N–H and O–H groups in total. The maximum atomic E-state index is 11.3. The summed E-state index contributed by atoms with van der Waals surface area (Å²) in [4.78, 5) is 30.1. The minimum absolute atomic E-state index is 0.127. The van der Waals surface area contributed by atoms with E-state index in [4.69, 9.17) is 5.11 Å². The van der Waals surface area contributed by atoms with Gasteiger partial charge in [-0.1, -0.05) is 11.3 Å². The normalized spacial score (nSPS) is 10.3.